The Morgan fingerprint density at radius 1 is 1.50 bits per heavy atom. The maximum atomic E-state index is 12.9. The second-order valence-electron chi connectivity index (χ2n) is 6.82. The molecule has 3 rings (SSSR count). The molecule has 1 amide bonds. The summed E-state index contributed by atoms with van der Waals surface area (Å²) in [5.74, 6) is 0.946. The molecule has 3 heterocycles. The minimum atomic E-state index is -0.453. The maximum absolute atomic E-state index is 12.9. The monoisotopic (exact) mass is 337 g/mol. The van der Waals surface area contributed by atoms with E-state index >= 15 is 0 Å². The normalized spacial score (nSPS) is 27.2. The van der Waals surface area contributed by atoms with Gasteiger partial charge in [0, 0.05) is 45.5 Å². The molecule has 1 aromatic rings. The van der Waals surface area contributed by atoms with Gasteiger partial charge >= 0.3 is 0 Å². The van der Waals surface area contributed by atoms with E-state index in [0.717, 1.165) is 42.9 Å². The first-order valence-corrected chi connectivity index (χ1v) is 8.60. The second kappa shape index (κ2) is 7.21. The molecule has 2 atom stereocenters. The van der Waals surface area contributed by atoms with E-state index in [-0.39, 0.29) is 12.0 Å². The van der Waals surface area contributed by atoms with Crippen LogP contribution in [0, 0.1) is 19.3 Å². The number of aromatic nitrogens is 1. The van der Waals surface area contributed by atoms with Crippen molar-refractivity contribution in [3.63, 3.8) is 0 Å². The highest BCUT2D eigenvalue weighted by Crippen LogP contribution is 2.41. The molecule has 0 bridgehead atoms. The van der Waals surface area contributed by atoms with Gasteiger partial charge < -0.3 is 19.3 Å². The highest BCUT2D eigenvalue weighted by Gasteiger charge is 2.53. The maximum Gasteiger partial charge on any atom is 0.230 e. The van der Waals surface area contributed by atoms with Crippen molar-refractivity contribution in [2.45, 2.75) is 39.3 Å². The molecule has 0 unspecified atom stereocenters. The summed E-state index contributed by atoms with van der Waals surface area (Å²) >= 11 is 0. The van der Waals surface area contributed by atoms with Crippen molar-refractivity contribution in [2.24, 2.45) is 5.41 Å². The van der Waals surface area contributed by atoms with E-state index in [4.69, 9.17) is 14.0 Å². The Morgan fingerprint density at radius 3 is 3.04 bits per heavy atom. The molecule has 7 heteroatoms. The number of rotatable bonds is 6. The van der Waals surface area contributed by atoms with Gasteiger partial charge in [-0.25, -0.2) is 0 Å². The van der Waals surface area contributed by atoms with E-state index in [1.165, 1.54) is 0 Å². The number of methoxy groups -OCH3 is 1. The number of hydrogen-bond donors (Lipinski definition) is 1. The van der Waals surface area contributed by atoms with Crippen molar-refractivity contribution in [1.29, 1.82) is 0 Å². The predicted octanol–water partition coefficient (Wildman–Crippen LogP) is 1.04. The molecule has 0 saturated carbocycles. The third kappa shape index (κ3) is 3.20. The molecule has 2 aliphatic heterocycles. The lowest BCUT2D eigenvalue weighted by molar-refractivity contribution is -0.139. The molecule has 2 fully saturated rings. The number of amides is 1. The second-order valence-corrected chi connectivity index (χ2v) is 6.82. The van der Waals surface area contributed by atoms with E-state index in [1.807, 2.05) is 13.8 Å². The summed E-state index contributed by atoms with van der Waals surface area (Å²) in [7, 11) is 1.64. The zero-order chi connectivity index (χ0) is 17.2. The Hall–Kier alpha value is -1.44. The van der Waals surface area contributed by atoms with Gasteiger partial charge in [-0.15, -0.1) is 0 Å². The first-order valence-electron chi connectivity index (χ1n) is 8.60. The number of likely N-dealkylation sites (tertiary alicyclic amines) is 1. The Labute approximate surface area is 142 Å². The topological polar surface area (TPSA) is 76.8 Å². The van der Waals surface area contributed by atoms with Gasteiger partial charge in [0.1, 0.15) is 5.76 Å². The van der Waals surface area contributed by atoms with E-state index < -0.39 is 5.41 Å². The molecule has 2 aliphatic rings. The molecule has 7 nitrogen and oxygen atoms in total. The lowest BCUT2D eigenvalue weighted by Crippen LogP contribution is -2.57. The number of hydrogen-bond acceptors (Lipinski definition) is 6. The Balaban J connectivity index is 1.71. The minimum Gasteiger partial charge on any atom is -0.383 e. The van der Waals surface area contributed by atoms with Crippen molar-refractivity contribution < 1.29 is 18.8 Å². The standard InChI is InChI=1S/C17H27N3O4/c1-12-14(13(2)24-19-12)10-20-7-4-15-17(11-20,5-8-23-15)16(21)18-6-9-22-3/h15H,4-11H2,1-3H3,(H,18,21)/t15-,17-/m0/s1. The summed E-state index contributed by atoms with van der Waals surface area (Å²) in [6.07, 6.45) is 1.66. The molecular formula is C17H27N3O4. The first-order chi connectivity index (χ1) is 11.6. The number of nitrogens with zero attached hydrogens (tertiary/aromatic N) is 2. The molecule has 24 heavy (non-hydrogen) atoms. The van der Waals surface area contributed by atoms with Crippen molar-refractivity contribution in [3.05, 3.63) is 17.0 Å². The molecule has 0 radical (unpaired) electrons. The highest BCUT2D eigenvalue weighted by atomic mass is 16.5. The summed E-state index contributed by atoms with van der Waals surface area (Å²) in [5.41, 5.74) is 1.60. The fraction of sp³-hybridized carbons (Fsp3) is 0.765. The van der Waals surface area contributed by atoms with Gasteiger partial charge in [0.25, 0.3) is 0 Å². The van der Waals surface area contributed by atoms with Crippen molar-refractivity contribution in [1.82, 2.24) is 15.4 Å². The van der Waals surface area contributed by atoms with Crippen LogP contribution in [-0.4, -0.2) is 62.0 Å². The third-order valence-corrected chi connectivity index (χ3v) is 5.30. The van der Waals surface area contributed by atoms with Gasteiger partial charge in [-0.1, -0.05) is 5.16 Å². The zero-order valence-corrected chi connectivity index (χ0v) is 14.8. The zero-order valence-electron chi connectivity index (χ0n) is 14.8. The van der Waals surface area contributed by atoms with Crippen molar-refractivity contribution in [3.8, 4) is 0 Å². The fourth-order valence-corrected chi connectivity index (χ4v) is 3.88. The van der Waals surface area contributed by atoms with Crippen LogP contribution in [0.3, 0.4) is 0 Å². The molecular weight excluding hydrogens is 310 g/mol. The number of nitrogens with one attached hydrogen (secondary N) is 1. The van der Waals surface area contributed by atoms with Crippen LogP contribution >= 0.6 is 0 Å². The fourth-order valence-electron chi connectivity index (χ4n) is 3.88. The number of carbonyl (C=O) groups is 1. The largest absolute Gasteiger partial charge is 0.383 e. The van der Waals surface area contributed by atoms with Crippen LogP contribution in [0.2, 0.25) is 0 Å². The predicted molar refractivity (Wildman–Crippen MR) is 87.5 cm³/mol. The van der Waals surface area contributed by atoms with Crippen LogP contribution < -0.4 is 5.32 Å². The van der Waals surface area contributed by atoms with Gasteiger partial charge in [0.15, 0.2) is 0 Å². The summed E-state index contributed by atoms with van der Waals surface area (Å²) in [6, 6.07) is 0. The molecule has 0 spiro atoms. The molecule has 1 aromatic heterocycles. The summed E-state index contributed by atoms with van der Waals surface area (Å²) < 4.78 is 16.2. The SMILES string of the molecule is COCCNC(=O)[C@]12CCO[C@H]1CCN(Cc1c(C)noc1C)C2. The number of ether oxygens (including phenoxy) is 2. The first kappa shape index (κ1) is 17.4. The van der Waals surface area contributed by atoms with Crippen LogP contribution in [0.15, 0.2) is 4.52 Å². The van der Waals surface area contributed by atoms with Crippen molar-refractivity contribution >= 4 is 5.91 Å². The highest BCUT2D eigenvalue weighted by molar-refractivity contribution is 5.84. The van der Waals surface area contributed by atoms with Crippen LogP contribution in [0.25, 0.3) is 0 Å². The van der Waals surface area contributed by atoms with Gasteiger partial charge in [0.2, 0.25) is 5.91 Å². The van der Waals surface area contributed by atoms with Gasteiger partial charge in [-0.2, -0.15) is 0 Å². The molecule has 2 saturated heterocycles. The molecule has 1 N–H and O–H groups in total. The van der Waals surface area contributed by atoms with Crippen LogP contribution in [0.5, 0.6) is 0 Å². The summed E-state index contributed by atoms with van der Waals surface area (Å²) in [4.78, 5) is 15.2. The van der Waals surface area contributed by atoms with Crippen LogP contribution in [0.1, 0.15) is 29.9 Å². The van der Waals surface area contributed by atoms with E-state index in [0.29, 0.717) is 26.3 Å². The molecule has 134 valence electrons. The Bertz CT molecular complexity index is 569. The third-order valence-electron chi connectivity index (χ3n) is 5.30. The lowest BCUT2D eigenvalue weighted by Gasteiger charge is -2.42. The van der Waals surface area contributed by atoms with Gasteiger partial charge in [-0.05, 0) is 26.7 Å². The van der Waals surface area contributed by atoms with Gasteiger partial charge in [-0.3, -0.25) is 9.69 Å². The Morgan fingerprint density at radius 2 is 2.33 bits per heavy atom. The number of piperidine rings is 1. The minimum absolute atomic E-state index is 0.0148. The van der Waals surface area contributed by atoms with Crippen LogP contribution in [0.4, 0.5) is 0 Å². The quantitative estimate of drug-likeness (QED) is 0.782. The van der Waals surface area contributed by atoms with E-state index in [1.54, 1.807) is 7.11 Å². The average Bonchev–Trinajstić information content (AvgIpc) is 3.14. The Kier molecular flexibility index (Phi) is 5.22. The van der Waals surface area contributed by atoms with E-state index in [9.17, 15) is 4.79 Å². The van der Waals surface area contributed by atoms with Crippen LogP contribution in [-0.2, 0) is 20.8 Å². The van der Waals surface area contributed by atoms with Crippen molar-refractivity contribution in [2.75, 3.05) is 40.0 Å². The number of fused-ring (bicyclic) bond motifs is 1. The average molecular weight is 337 g/mol. The smallest absolute Gasteiger partial charge is 0.230 e. The summed E-state index contributed by atoms with van der Waals surface area (Å²) in [5, 5.41) is 7.05. The van der Waals surface area contributed by atoms with Gasteiger partial charge in [0.05, 0.1) is 23.8 Å². The lowest BCUT2D eigenvalue weighted by atomic mass is 9.75. The number of aryl methyl sites for hydroxylation is 2. The summed E-state index contributed by atoms with van der Waals surface area (Å²) in [6.45, 7) is 8.01. The molecule has 0 aliphatic carbocycles. The molecule has 0 aromatic carbocycles. The number of carbonyl (C=O) groups excluding carboxylic acids is 1. The van der Waals surface area contributed by atoms with E-state index in [2.05, 4.69) is 15.4 Å².